The van der Waals surface area contributed by atoms with Crippen LogP contribution < -0.4 is 4.90 Å². The Bertz CT molecular complexity index is 1140. The SMILES string of the molecule is Cc1ccccc1C(=O)N(Cc1cccs1)C1CC(=O)N(c2ccc(C(C)C)cc2)C1=O. The van der Waals surface area contributed by atoms with Gasteiger partial charge in [-0.1, -0.05) is 50.2 Å². The number of carbonyl (C=O) groups is 3. The van der Waals surface area contributed by atoms with Crippen LogP contribution in [0.15, 0.2) is 66.0 Å². The van der Waals surface area contributed by atoms with Crippen LogP contribution in [-0.4, -0.2) is 28.7 Å². The van der Waals surface area contributed by atoms with Crippen molar-refractivity contribution in [2.45, 2.75) is 45.7 Å². The third kappa shape index (κ3) is 4.23. The molecule has 0 aliphatic carbocycles. The van der Waals surface area contributed by atoms with Gasteiger partial charge in [-0.25, -0.2) is 4.90 Å². The van der Waals surface area contributed by atoms with Gasteiger partial charge in [0.2, 0.25) is 5.91 Å². The Labute approximate surface area is 192 Å². The molecule has 4 rings (SSSR count). The van der Waals surface area contributed by atoms with Crippen LogP contribution in [0.3, 0.4) is 0 Å². The van der Waals surface area contributed by atoms with Crippen molar-refractivity contribution < 1.29 is 14.4 Å². The third-order valence-corrected chi connectivity index (χ3v) is 6.72. The lowest BCUT2D eigenvalue weighted by Crippen LogP contribution is -2.45. The van der Waals surface area contributed by atoms with Crippen LogP contribution in [0.5, 0.6) is 0 Å². The number of imide groups is 1. The quantitative estimate of drug-likeness (QED) is 0.492. The summed E-state index contributed by atoms with van der Waals surface area (Å²) in [5.74, 6) is -0.522. The Balaban J connectivity index is 1.66. The van der Waals surface area contributed by atoms with Gasteiger partial charge in [0.15, 0.2) is 0 Å². The molecule has 0 saturated carbocycles. The van der Waals surface area contributed by atoms with Gasteiger partial charge in [0.05, 0.1) is 18.7 Å². The first-order chi connectivity index (χ1) is 15.4. The predicted molar refractivity (Wildman–Crippen MR) is 127 cm³/mol. The van der Waals surface area contributed by atoms with E-state index in [1.165, 1.54) is 16.2 Å². The van der Waals surface area contributed by atoms with Gasteiger partial charge in [-0.05, 0) is 53.6 Å². The molecule has 1 atom stereocenters. The van der Waals surface area contributed by atoms with Crippen LogP contribution in [0.25, 0.3) is 0 Å². The van der Waals surface area contributed by atoms with E-state index in [1.54, 1.807) is 23.1 Å². The van der Waals surface area contributed by atoms with Gasteiger partial charge in [0, 0.05) is 10.4 Å². The number of hydrogen-bond donors (Lipinski definition) is 0. The number of rotatable bonds is 6. The molecule has 1 aromatic heterocycles. The van der Waals surface area contributed by atoms with Crippen LogP contribution >= 0.6 is 11.3 Å². The summed E-state index contributed by atoms with van der Waals surface area (Å²) < 4.78 is 0. The Kier molecular flexibility index (Phi) is 6.24. The van der Waals surface area contributed by atoms with E-state index in [-0.39, 0.29) is 30.7 Å². The molecule has 2 aromatic carbocycles. The fourth-order valence-electron chi connectivity index (χ4n) is 4.00. The third-order valence-electron chi connectivity index (χ3n) is 5.86. The van der Waals surface area contributed by atoms with Crippen molar-refractivity contribution in [3.05, 3.63) is 87.6 Å². The van der Waals surface area contributed by atoms with Gasteiger partial charge >= 0.3 is 0 Å². The van der Waals surface area contributed by atoms with Gasteiger partial charge in [0.25, 0.3) is 11.8 Å². The van der Waals surface area contributed by atoms with E-state index < -0.39 is 6.04 Å². The average molecular weight is 447 g/mol. The molecule has 0 spiro atoms. The maximum atomic E-state index is 13.5. The minimum Gasteiger partial charge on any atom is -0.321 e. The van der Waals surface area contributed by atoms with Crippen molar-refractivity contribution in [3.63, 3.8) is 0 Å². The maximum absolute atomic E-state index is 13.5. The van der Waals surface area contributed by atoms with Crippen LogP contribution in [0, 0.1) is 6.92 Å². The molecule has 5 nitrogen and oxygen atoms in total. The lowest BCUT2D eigenvalue weighted by molar-refractivity contribution is -0.122. The van der Waals surface area contributed by atoms with Gasteiger partial charge in [-0.3, -0.25) is 14.4 Å². The number of aryl methyl sites for hydroxylation is 1. The van der Waals surface area contributed by atoms with Gasteiger partial charge in [0.1, 0.15) is 6.04 Å². The molecule has 32 heavy (non-hydrogen) atoms. The summed E-state index contributed by atoms with van der Waals surface area (Å²) in [6, 6.07) is 17.8. The first kappa shape index (κ1) is 22.0. The largest absolute Gasteiger partial charge is 0.321 e. The summed E-state index contributed by atoms with van der Waals surface area (Å²) in [5.41, 5.74) is 3.07. The average Bonchev–Trinajstić information content (AvgIpc) is 3.39. The molecule has 0 radical (unpaired) electrons. The van der Waals surface area contributed by atoms with Gasteiger partial charge < -0.3 is 4.90 Å². The second-order valence-electron chi connectivity index (χ2n) is 8.36. The number of nitrogens with zero attached hydrogens (tertiary/aromatic N) is 2. The Hall–Kier alpha value is -3.25. The van der Waals surface area contributed by atoms with Crippen molar-refractivity contribution in [2.75, 3.05) is 4.90 Å². The van der Waals surface area contributed by atoms with Crippen LogP contribution in [0.4, 0.5) is 5.69 Å². The molecule has 6 heteroatoms. The summed E-state index contributed by atoms with van der Waals surface area (Å²) in [6.07, 6.45) is -0.0201. The van der Waals surface area contributed by atoms with E-state index in [0.29, 0.717) is 17.2 Å². The van der Waals surface area contributed by atoms with E-state index >= 15 is 0 Å². The summed E-state index contributed by atoms with van der Waals surface area (Å²) >= 11 is 1.53. The molecule has 1 aliphatic heterocycles. The Morgan fingerprint density at radius 1 is 1.06 bits per heavy atom. The van der Waals surface area contributed by atoms with E-state index in [9.17, 15) is 14.4 Å². The minimum absolute atomic E-state index is 0.0201. The van der Waals surface area contributed by atoms with E-state index in [2.05, 4.69) is 13.8 Å². The van der Waals surface area contributed by atoms with Gasteiger partial charge in [-0.15, -0.1) is 11.3 Å². The second-order valence-corrected chi connectivity index (χ2v) is 9.39. The van der Waals surface area contributed by atoms with E-state index in [0.717, 1.165) is 16.0 Å². The molecule has 1 saturated heterocycles. The molecule has 2 heterocycles. The first-order valence-electron chi connectivity index (χ1n) is 10.7. The molecule has 0 bridgehead atoms. The summed E-state index contributed by atoms with van der Waals surface area (Å²) in [7, 11) is 0. The summed E-state index contributed by atoms with van der Waals surface area (Å²) in [4.78, 5) is 43.6. The molecule has 3 aromatic rings. The number of thiophene rings is 1. The number of anilines is 1. The fraction of sp³-hybridized carbons (Fsp3) is 0.269. The predicted octanol–water partition coefficient (Wildman–Crippen LogP) is 5.15. The molecular weight excluding hydrogens is 420 g/mol. The second kappa shape index (κ2) is 9.09. The monoisotopic (exact) mass is 446 g/mol. The lowest BCUT2D eigenvalue weighted by atomic mass is 10.0. The van der Waals surface area contributed by atoms with Crippen LogP contribution in [0.1, 0.15) is 52.5 Å². The van der Waals surface area contributed by atoms with Crippen LogP contribution in [0.2, 0.25) is 0 Å². The first-order valence-corrected chi connectivity index (χ1v) is 11.6. The molecule has 1 aliphatic rings. The summed E-state index contributed by atoms with van der Waals surface area (Å²) in [5, 5.41) is 1.94. The highest BCUT2D eigenvalue weighted by Crippen LogP contribution is 2.30. The molecule has 164 valence electrons. The molecule has 0 N–H and O–H groups in total. The van der Waals surface area contributed by atoms with Crippen molar-refractivity contribution in [2.24, 2.45) is 0 Å². The van der Waals surface area contributed by atoms with E-state index in [1.807, 2.05) is 54.8 Å². The summed E-state index contributed by atoms with van der Waals surface area (Å²) in [6.45, 7) is 6.35. The van der Waals surface area contributed by atoms with Crippen LogP contribution in [-0.2, 0) is 16.1 Å². The maximum Gasteiger partial charge on any atom is 0.257 e. The fourth-order valence-corrected chi connectivity index (χ4v) is 4.70. The highest BCUT2D eigenvalue weighted by Gasteiger charge is 2.44. The molecule has 1 unspecified atom stereocenters. The van der Waals surface area contributed by atoms with Crippen molar-refractivity contribution in [1.29, 1.82) is 0 Å². The van der Waals surface area contributed by atoms with Crippen molar-refractivity contribution in [3.8, 4) is 0 Å². The standard InChI is InChI=1S/C26H26N2O3S/c1-17(2)19-10-12-20(13-11-19)28-24(29)15-23(26(28)31)27(16-21-8-6-14-32-21)25(30)22-9-5-4-7-18(22)3/h4-14,17,23H,15-16H2,1-3H3. The van der Waals surface area contributed by atoms with Gasteiger partial charge in [-0.2, -0.15) is 0 Å². The molecule has 3 amide bonds. The number of amides is 3. The number of carbonyl (C=O) groups excluding carboxylic acids is 3. The minimum atomic E-state index is -0.832. The van der Waals surface area contributed by atoms with E-state index in [4.69, 9.17) is 0 Å². The molecule has 1 fully saturated rings. The number of benzene rings is 2. The number of hydrogen-bond acceptors (Lipinski definition) is 4. The Morgan fingerprint density at radius 2 is 1.78 bits per heavy atom. The normalized spacial score (nSPS) is 16.1. The van der Waals surface area contributed by atoms with Crippen molar-refractivity contribution >= 4 is 34.7 Å². The Morgan fingerprint density at radius 3 is 2.41 bits per heavy atom. The highest BCUT2D eigenvalue weighted by molar-refractivity contribution is 7.09. The molecular formula is C26H26N2O3S. The van der Waals surface area contributed by atoms with Crippen molar-refractivity contribution in [1.82, 2.24) is 4.90 Å². The topological polar surface area (TPSA) is 57.7 Å². The lowest BCUT2D eigenvalue weighted by Gasteiger charge is -2.28. The zero-order valence-electron chi connectivity index (χ0n) is 18.4. The smallest absolute Gasteiger partial charge is 0.257 e. The zero-order valence-corrected chi connectivity index (χ0v) is 19.3. The highest BCUT2D eigenvalue weighted by atomic mass is 32.1. The zero-order chi connectivity index (χ0) is 22.8.